The van der Waals surface area contributed by atoms with Crippen molar-refractivity contribution in [3.63, 3.8) is 0 Å². The number of thiophene rings is 1. The zero-order chi connectivity index (χ0) is 24.1. The van der Waals surface area contributed by atoms with Crippen LogP contribution >= 0.6 is 34.5 Å². The SMILES string of the molecule is C[C@@H](Oc1cccc(Cl)c1)C(=O)N/N=C\c1ccccc1OC(=O)c1sc2ccccc2c1Cl. The molecule has 6 nitrogen and oxygen atoms in total. The topological polar surface area (TPSA) is 77.0 Å². The third-order valence-electron chi connectivity index (χ3n) is 4.70. The molecule has 4 rings (SSSR count). The van der Waals surface area contributed by atoms with Crippen molar-refractivity contribution in [1.29, 1.82) is 0 Å². The van der Waals surface area contributed by atoms with Crippen molar-refractivity contribution in [3.8, 4) is 11.5 Å². The van der Waals surface area contributed by atoms with Gasteiger partial charge in [0.15, 0.2) is 6.10 Å². The van der Waals surface area contributed by atoms with Gasteiger partial charge in [0.1, 0.15) is 16.4 Å². The van der Waals surface area contributed by atoms with Gasteiger partial charge in [0.25, 0.3) is 5.91 Å². The van der Waals surface area contributed by atoms with Crippen LogP contribution in [0.1, 0.15) is 22.2 Å². The van der Waals surface area contributed by atoms with Crippen molar-refractivity contribution in [2.24, 2.45) is 5.10 Å². The Morgan fingerprint density at radius 3 is 2.59 bits per heavy atom. The lowest BCUT2D eigenvalue weighted by Gasteiger charge is -2.13. The smallest absolute Gasteiger partial charge is 0.355 e. The first-order chi connectivity index (χ1) is 16.4. The number of carbonyl (C=O) groups is 2. The molecule has 9 heteroatoms. The van der Waals surface area contributed by atoms with E-state index in [0.717, 1.165) is 10.1 Å². The Morgan fingerprint density at radius 2 is 1.79 bits per heavy atom. The first-order valence-corrected chi connectivity index (χ1v) is 11.7. The van der Waals surface area contributed by atoms with Crippen LogP contribution in [0.4, 0.5) is 0 Å². The van der Waals surface area contributed by atoms with Crippen molar-refractivity contribution < 1.29 is 19.1 Å². The molecule has 172 valence electrons. The number of ether oxygens (including phenoxy) is 2. The van der Waals surface area contributed by atoms with Gasteiger partial charge >= 0.3 is 5.97 Å². The third-order valence-corrected chi connectivity index (χ3v) is 6.59. The molecule has 0 bridgehead atoms. The van der Waals surface area contributed by atoms with Gasteiger partial charge < -0.3 is 9.47 Å². The second-order valence-electron chi connectivity index (χ2n) is 7.12. The van der Waals surface area contributed by atoms with Gasteiger partial charge in [0.05, 0.1) is 11.2 Å². The van der Waals surface area contributed by atoms with Crippen molar-refractivity contribution in [1.82, 2.24) is 5.43 Å². The molecule has 0 fully saturated rings. The summed E-state index contributed by atoms with van der Waals surface area (Å²) < 4.78 is 12.0. The van der Waals surface area contributed by atoms with E-state index in [4.69, 9.17) is 32.7 Å². The highest BCUT2D eigenvalue weighted by Gasteiger charge is 2.20. The minimum Gasteiger partial charge on any atom is -0.481 e. The summed E-state index contributed by atoms with van der Waals surface area (Å²) in [7, 11) is 0. The van der Waals surface area contributed by atoms with Gasteiger partial charge in [-0.3, -0.25) is 4.79 Å². The van der Waals surface area contributed by atoms with Crippen LogP contribution in [0.3, 0.4) is 0 Å². The summed E-state index contributed by atoms with van der Waals surface area (Å²) in [6.45, 7) is 1.59. The van der Waals surface area contributed by atoms with Gasteiger partial charge in [-0.1, -0.05) is 59.6 Å². The van der Waals surface area contributed by atoms with E-state index in [2.05, 4.69) is 10.5 Å². The monoisotopic (exact) mass is 512 g/mol. The van der Waals surface area contributed by atoms with Crippen molar-refractivity contribution in [3.05, 3.63) is 93.3 Å². The Hall–Kier alpha value is -3.39. The molecule has 3 aromatic carbocycles. The van der Waals surface area contributed by atoms with Crippen LogP contribution in [-0.2, 0) is 4.79 Å². The molecule has 0 aliphatic carbocycles. The number of hydrogen-bond acceptors (Lipinski definition) is 6. The Balaban J connectivity index is 1.42. The number of esters is 1. The second kappa shape index (κ2) is 10.7. The number of halogens is 2. The average molecular weight is 513 g/mol. The Morgan fingerprint density at radius 1 is 1.03 bits per heavy atom. The average Bonchev–Trinajstić information content (AvgIpc) is 3.17. The molecule has 1 N–H and O–H groups in total. The molecule has 1 amide bonds. The van der Waals surface area contributed by atoms with Gasteiger partial charge in [-0.25, -0.2) is 10.2 Å². The number of benzene rings is 3. The van der Waals surface area contributed by atoms with Gasteiger partial charge in [0, 0.05) is 20.7 Å². The number of nitrogens with zero attached hydrogens (tertiary/aromatic N) is 1. The maximum Gasteiger partial charge on any atom is 0.355 e. The maximum atomic E-state index is 12.8. The van der Waals surface area contributed by atoms with Gasteiger partial charge in [-0.2, -0.15) is 5.10 Å². The largest absolute Gasteiger partial charge is 0.481 e. The molecule has 0 aliphatic rings. The van der Waals surface area contributed by atoms with E-state index >= 15 is 0 Å². The Kier molecular flexibility index (Phi) is 7.47. The zero-order valence-electron chi connectivity index (χ0n) is 17.8. The molecular formula is C25H18Cl2N2O4S. The lowest BCUT2D eigenvalue weighted by atomic mass is 10.2. The lowest BCUT2D eigenvalue weighted by Crippen LogP contribution is -2.33. The maximum absolute atomic E-state index is 12.8. The van der Waals surface area contributed by atoms with E-state index < -0.39 is 18.0 Å². The van der Waals surface area contributed by atoms with Crippen molar-refractivity contribution in [2.75, 3.05) is 0 Å². The molecule has 0 radical (unpaired) electrons. The predicted octanol–water partition coefficient (Wildman–Crippen LogP) is 6.34. The van der Waals surface area contributed by atoms with Gasteiger partial charge in [-0.15, -0.1) is 11.3 Å². The molecule has 0 unspecified atom stereocenters. The lowest BCUT2D eigenvalue weighted by molar-refractivity contribution is -0.127. The number of amides is 1. The Labute approximate surface area is 209 Å². The number of para-hydroxylation sites is 1. The third kappa shape index (κ3) is 5.56. The number of fused-ring (bicyclic) bond motifs is 1. The first-order valence-electron chi connectivity index (χ1n) is 10.2. The number of carbonyl (C=O) groups excluding carboxylic acids is 2. The summed E-state index contributed by atoms with van der Waals surface area (Å²) >= 11 is 13.6. The molecule has 1 heterocycles. The highest BCUT2D eigenvalue weighted by Crippen LogP contribution is 2.36. The first kappa shape index (κ1) is 23.8. The van der Waals surface area contributed by atoms with Crippen LogP contribution in [0.2, 0.25) is 10.0 Å². The van der Waals surface area contributed by atoms with E-state index in [9.17, 15) is 9.59 Å². The molecule has 1 atom stereocenters. The normalized spacial score (nSPS) is 12.0. The summed E-state index contributed by atoms with van der Waals surface area (Å²) in [5.41, 5.74) is 2.91. The summed E-state index contributed by atoms with van der Waals surface area (Å²) in [5.74, 6) is -0.277. The fourth-order valence-electron chi connectivity index (χ4n) is 3.03. The predicted molar refractivity (Wildman–Crippen MR) is 136 cm³/mol. The van der Waals surface area contributed by atoms with Crippen LogP contribution in [0.25, 0.3) is 10.1 Å². The van der Waals surface area contributed by atoms with E-state index in [1.807, 2.05) is 24.3 Å². The number of rotatable bonds is 7. The summed E-state index contributed by atoms with van der Waals surface area (Å²) in [4.78, 5) is 25.4. The molecule has 0 saturated heterocycles. The van der Waals surface area contributed by atoms with Crippen LogP contribution in [0.15, 0.2) is 77.9 Å². The molecule has 0 aliphatic heterocycles. The summed E-state index contributed by atoms with van der Waals surface area (Å²) in [6.07, 6.45) is 0.581. The van der Waals surface area contributed by atoms with Crippen LogP contribution in [0, 0.1) is 0 Å². The number of nitrogens with one attached hydrogen (secondary N) is 1. The highest BCUT2D eigenvalue weighted by atomic mass is 35.5. The van der Waals surface area contributed by atoms with Crippen LogP contribution in [0.5, 0.6) is 11.5 Å². The molecule has 0 spiro atoms. The quantitative estimate of drug-likeness (QED) is 0.135. The summed E-state index contributed by atoms with van der Waals surface area (Å²) in [6, 6.07) is 21.1. The molecule has 4 aromatic rings. The van der Waals surface area contributed by atoms with Crippen molar-refractivity contribution >= 4 is 62.7 Å². The molecule has 1 aromatic heterocycles. The van der Waals surface area contributed by atoms with E-state index in [1.165, 1.54) is 17.6 Å². The standard InChI is InChI=1S/C25H18Cl2N2O4S/c1-15(32-18-9-6-8-17(26)13-18)24(30)29-28-14-16-7-2-4-11-20(16)33-25(31)23-22(27)19-10-3-5-12-21(19)34-23/h2-15H,1H3,(H,29,30)/b28-14-/t15-/m1/s1. The fraction of sp³-hybridized carbons (Fsp3) is 0.0800. The summed E-state index contributed by atoms with van der Waals surface area (Å²) in [5, 5.41) is 5.63. The minimum atomic E-state index is -0.807. The second-order valence-corrected chi connectivity index (χ2v) is 8.99. The zero-order valence-corrected chi connectivity index (χ0v) is 20.2. The number of hydrogen-bond donors (Lipinski definition) is 1. The van der Waals surface area contributed by atoms with Gasteiger partial charge in [0.2, 0.25) is 0 Å². The minimum absolute atomic E-state index is 0.280. The van der Waals surface area contributed by atoms with E-state index in [0.29, 0.717) is 26.2 Å². The molecule has 0 saturated carbocycles. The highest BCUT2D eigenvalue weighted by molar-refractivity contribution is 7.21. The van der Waals surface area contributed by atoms with Crippen LogP contribution in [-0.4, -0.2) is 24.2 Å². The number of hydrazone groups is 1. The van der Waals surface area contributed by atoms with Crippen LogP contribution < -0.4 is 14.9 Å². The van der Waals surface area contributed by atoms with Crippen molar-refractivity contribution in [2.45, 2.75) is 13.0 Å². The van der Waals surface area contributed by atoms with Gasteiger partial charge in [-0.05, 0) is 43.3 Å². The van der Waals surface area contributed by atoms with E-state index in [-0.39, 0.29) is 5.75 Å². The molecule has 34 heavy (non-hydrogen) atoms. The Bertz CT molecular complexity index is 1390. The fourth-order valence-corrected chi connectivity index (χ4v) is 4.59. The molecular weight excluding hydrogens is 495 g/mol. The van der Waals surface area contributed by atoms with E-state index in [1.54, 1.807) is 55.5 Å².